The Morgan fingerprint density at radius 2 is 2.07 bits per heavy atom. The number of unbranched alkanes of at least 4 members (excludes halogenated alkanes) is 2. The van der Waals surface area contributed by atoms with Gasteiger partial charge in [-0.15, -0.1) is 6.42 Å². The average molecular weight is 393 g/mol. The molecule has 0 unspecified atom stereocenters. The number of nitrogens with zero attached hydrogens (tertiary/aromatic N) is 2. The fourth-order valence-corrected chi connectivity index (χ4v) is 4.15. The molecule has 0 saturated heterocycles. The van der Waals surface area contributed by atoms with Crippen molar-refractivity contribution in [1.82, 2.24) is 4.57 Å². The van der Waals surface area contributed by atoms with E-state index in [1.807, 2.05) is 41.8 Å². The van der Waals surface area contributed by atoms with Gasteiger partial charge in [0.05, 0.1) is 23.4 Å². The lowest BCUT2D eigenvalue weighted by molar-refractivity contribution is 0.0997. The van der Waals surface area contributed by atoms with Crippen LogP contribution in [0.25, 0.3) is 10.2 Å². The number of aromatic nitrogens is 1. The van der Waals surface area contributed by atoms with Gasteiger partial charge < -0.3 is 9.30 Å². The van der Waals surface area contributed by atoms with Gasteiger partial charge in [-0.3, -0.25) is 4.79 Å². The SMILES string of the molecule is C#CCn1c(=NC(=O)c2cccc(OCCCCC)c2)sc2cccc(C)c21. The first-order valence-corrected chi connectivity index (χ1v) is 10.3. The third kappa shape index (κ3) is 4.52. The lowest BCUT2D eigenvalue weighted by Gasteiger charge is -2.06. The number of carbonyl (C=O) groups excluding carboxylic acids is 1. The van der Waals surface area contributed by atoms with Gasteiger partial charge in [0.15, 0.2) is 4.80 Å². The number of benzene rings is 2. The summed E-state index contributed by atoms with van der Waals surface area (Å²) in [4.78, 5) is 17.8. The van der Waals surface area contributed by atoms with Gasteiger partial charge in [-0.1, -0.05) is 55.2 Å². The van der Waals surface area contributed by atoms with Crippen LogP contribution in [-0.4, -0.2) is 17.1 Å². The minimum Gasteiger partial charge on any atom is -0.494 e. The predicted octanol–water partition coefficient (Wildman–Crippen LogP) is 4.95. The van der Waals surface area contributed by atoms with E-state index in [-0.39, 0.29) is 5.91 Å². The molecule has 1 amide bonds. The first-order valence-electron chi connectivity index (χ1n) is 9.48. The monoisotopic (exact) mass is 392 g/mol. The fraction of sp³-hybridized carbons (Fsp3) is 0.304. The van der Waals surface area contributed by atoms with Crippen LogP contribution in [-0.2, 0) is 6.54 Å². The lowest BCUT2D eigenvalue weighted by Crippen LogP contribution is -2.17. The minimum absolute atomic E-state index is 0.297. The molecule has 0 saturated carbocycles. The molecular formula is C23H24N2O2S. The van der Waals surface area contributed by atoms with Crippen molar-refractivity contribution in [2.45, 2.75) is 39.7 Å². The van der Waals surface area contributed by atoms with Crippen molar-refractivity contribution in [3.8, 4) is 18.1 Å². The third-order valence-corrected chi connectivity index (χ3v) is 5.49. The maximum absolute atomic E-state index is 12.8. The second-order valence-corrected chi connectivity index (χ2v) is 7.61. The number of hydrogen-bond donors (Lipinski definition) is 0. The Hall–Kier alpha value is -2.84. The van der Waals surface area contributed by atoms with Crippen molar-refractivity contribution >= 4 is 27.5 Å². The number of fused-ring (bicyclic) bond motifs is 1. The highest BCUT2D eigenvalue weighted by Gasteiger charge is 2.11. The number of carbonyl (C=O) groups is 1. The van der Waals surface area contributed by atoms with E-state index in [1.165, 1.54) is 11.3 Å². The normalized spacial score (nSPS) is 11.5. The molecule has 0 bridgehead atoms. The Morgan fingerprint density at radius 1 is 1.25 bits per heavy atom. The molecule has 5 heteroatoms. The van der Waals surface area contributed by atoms with Crippen LogP contribution in [0, 0.1) is 19.3 Å². The average Bonchev–Trinajstić information content (AvgIpc) is 3.04. The van der Waals surface area contributed by atoms with E-state index in [9.17, 15) is 4.79 Å². The summed E-state index contributed by atoms with van der Waals surface area (Å²) in [6.45, 7) is 5.22. The molecule has 28 heavy (non-hydrogen) atoms. The van der Waals surface area contributed by atoms with Crippen LogP contribution in [0.5, 0.6) is 5.75 Å². The summed E-state index contributed by atoms with van der Waals surface area (Å²) in [5, 5.41) is 0. The number of para-hydroxylation sites is 1. The van der Waals surface area contributed by atoms with Gasteiger partial charge in [-0.05, 0) is 43.2 Å². The third-order valence-electron chi connectivity index (χ3n) is 4.45. The molecule has 0 aliphatic heterocycles. The summed E-state index contributed by atoms with van der Waals surface area (Å²) < 4.78 is 8.75. The Morgan fingerprint density at radius 3 is 2.86 bits per heavy atom. The molecule has 0 spiro atoms. The van der Waals surface area contributed by atoms with Crippen molar-refractivity contribution in [1.29, 1.82) is 0 Å². The summed E-state index contributed by atoms with van der Waals surface area (Å²) in [6, 6.07) is 13.3. The molecule has 3 rings (SSSR count). The molecule has 0 atom stereocenters. The maximum atomic E-state index is 12.8. The Kier molecular flexibility index (Phi) is 6.67. The zero-order valence-electron chi connectivity index (χ0n) is 16.3. The predicted molar refractivity (Wildman–Crippen MR) is 115 cm³/mol. The van der Waals surface area contributed by atoms with E-state index >= 15 is 0 Å². The van der Waals surface area contributed by atoms with Crippen LogP contribution in [0.2, 0.25) is 0 Å². The first kappa shape index (κ1) is 19.9. The largest absolute Gasteiger partial charge is 0.494 e. The van der Waals surface area contributed by atoms with Gasteiger partial charge in [0.2, 0.25) is 0 Å². The number of terminal acetylenes is 1. The van der Waals surface area contributed by atoms with Crippen LogP contribution in [0.15, 0.2) is 47.5 Å². The van der Waals surface area contributed by atoms with Gasteiger partial charge in [-0.25, -0.2) is 0 Å². The maximum Gasteiger partial charge on any atom is 0.279 e. The summed E-state index contributed by atoms with van der Waals surface area (Å²) >= 11 is 1.47. The Balaban J connectivity index is 1.92. The zero-order chi connectivity index (χ0) is 19.9. The summed E-state index contributed by atoms with van der Waals surface area (Å²) in [7, 11) is 0. The highest BCUT2D eigenvalue weighted by atomic mass is 32.1. The molecule has 0 fully saturated rings. The van der Waals surface area contributed by atoms with E-state index in [4.69, 9.17) is 11.2 Å². The van der Waals surface area contributed by atoms with Gasteiger partial charge in [0.1, 0.15) is 5.75 Å². The Bertz CT molecular complexity index is 1090. The van der Waals surface area contributed by atoms with Gasteiger partial charge >= 0.3 is 0 Å². The number of amides is 1. The second-order valence-electron chi connectivity index (χ2n) is 6.60. The summed E-state index contributed by atoms with van der Waals surface area (Å²) in [5.41, 5.74) is 2.65. The quantitative estimate of drug-likeness (QED) is 0.422. The van der Waals surface area contributed by atoms with Crippen LogP contribution in [0.4, 0.5) is 0 Å². The van der Waals surface area contributed by atoms with Crippen LogP contribution < -0.4 is 9.54 Å². The van der Waals surface area contributed by atoms with Crippen molar-refractivity contribution in [3.05, 3.63) is 58.4 Å². The molecule has 0 aliphatic carbocycles. The Labute approximate surface area is 169 Å². The number of aryl methyl sites for hydroxylation is 1. The minimum atomic E-state index is -0.297. The van der Waals surface area contributed by atoms with Crippen LogP contribution in [0.3, 0.4) is 0 Å². The second kappa shape index (κ2) is 9.38. The molecular weight excluding hydrogens is 368 g/mol. The zero-order valence-corrected chi connectivity index (χ0v) is 17.1. The van der Waals surface area contributed by atoms with E-state index in [0.717, 1.165) is 35.0 Å². The highest BCUT2D eigenvalue weighted by molar-refractivity contribution is 7.16. The highest BCUT2D eigenvalue weighted by Crippen LogP contribution is 2.21. The van der Waals surface area contributed by atoms with Gasteiger partial charge in [0, 0.05) is 5.56 Å². The van der Waals surface area contributed by atoms with Gasteiger partial charge in [-0.2, -0.15) is 4.99 Å². The molecule has 0 radical (unpaired) electrons. The van der Waals surface area contributed by atoms with Crippen LogP contribution in [0.1, 0.15) is 42.1 Å². The van der Waals surface area contributed by atoms with Crippen molar-refractivity contribution < 1.29 is 9.53 Å². The summed E-state index contributed by atoms with van der Waals surface area (Å²) in [5.74, 6) is 3.06. The van der Waals surface area contributed by atoms with Crippen molar-refractivity contribution in [2.75, 3.05) is 6.61 Å². The standard InChI is InChI=1S/C23H24N2O2S/c1-4-6-7-15-27-19-12-9-11-18(16-19)22(26)24-23-25(14-5-2)21-17(3)10-8-13-20(21)28-23/h2,8-13,16H,4,6-7,14-15H2,1,3H3. The van der Waals surface area contributed by atoms with E-state index in [0.29, 0.717) is 29.3 Å². The molecule has 4 nitrogen and oxygen atoms in total. The first-order chi connectivity index (χ1) is 13.6. The summed E-state index contributed by atoms with van der Waals surface area (Å²) in [6.07, 6.45) is 8.84. The molecule has 0 aliphatic rings. The molecule has 144 valence electrons. The van der Waals surface area contributed by atoms with E-state index in [1.54, 1.807) is 12.1 Å². The molecule has 1 aromatic heterocycles. The van der Waals surface area contributed by atoms with Gasteiger partial charge in [0.25, 0.3) is 5.91 Å². The molecule has 0 N–H and O–H groups in total. The number of thiazole rings is 1. The molecule has 2 aromatic carbocycles. The van der Waals surface area contributed by atoms with E-state index < -0.39 is 0 Å². The van der Waals surface area contributed by atoms with E-state index in [2.05, 4.69) is 17.8 Å². The smallest absolute Gasteiger partial charge is 0.279 e. The number of rotatable bonds is 7. The number of ether oxygens (including phenoxy) is 1. The lowest BCUT2D eigenvalue weighted by atomic mass is 10.2. The molecule has 1 heterocycles. The molecule has 3 aromatic rings. The topological polar surface area (TPSA) is 43.6 Å². The van der Waals surface area contributed by atoms with Crippen LogP contribution >= 0.6 is 11.3 Å². The number of hydrogen-bond acceptors (Lipinski definition) is 3. The fourth-order valence-electron chi connectivity index (χ4n) is 3.04. The van der Waals surface area contributed by atoms with Crippen molar-refractivity contribution in [3.63, 3.8) is 0 Å². The van der Waals surface area contributed by atoms with Crippen molar-refractivity contribution in [2.24, 2.45) is 4.99 Å².